The molecule has 0 saturated carbocycles. The lowest BCUT2D eigenvalue weighted by Gasteiger charge is -2.18. The molecule has 1 aromatic rings. The van der Waals surface area contributed by atoms with E-state index < -0.39 is 17.4 Å². The third-order valence-corrected chi connectivity index (χ3v) is 2.02. The second-order valence-electron chi connectivity index (χ2n) is 5.03. The maximum Gasteiger partial charge on any atom is 0.378 e. The van der Waals surface area contributed by atoms with Crippen molar-refractivity contribution in [1.82, 2.24) is 0 Å². The van der Waals surface area contributed by atoms with Gasteiger partial charge >= 0.3 is 5.97 Å². The smallest absolute Gasteiger partial charge is 0.378 e. The molecule has 0 bridgehead atoms. The molecule has 1 rings (SSSR count). The standard InChI is InChI=1S/C14H18O4/c1-10-5-7-11(8-6-10)17-9-12(15)13(16)18-14(2,3)4/h5-8H,9H2,1-4H3. The number of hydrogen-bond donors (Lipinski definition) is 0. The van der Waals surface area contributed by atoms with Crippen molar-refractivity contribution in [3.8, 4) is 5.75 Å². The Morgan fingerprint density at radius 1 is 1.11 bits per heavy atom. The van der Waals surface area contributed by atoms with Crippen LogP contribution in [0.5, 0.6) is 5.75 Å². The second kappa shape index (κ2) is 5.67. The van der Waals surface area contributed by atoms with Crippen molar-refractivity contribution in [2.75, 3.05) is 6.61 Å². The highest BCUT2D eigenvalue weighted by Gasteiger charge is 2.23. The Labute approximate surface area is 107 Å². The van der Waals surface area contributed by atoms with Gasteiger partial charge in [0.2, 0.25) is 0 Å². The van der Waals surface area contributed by atoms with Gasteiger partial charge in [-0.25, -0.2) is 4.79 Å². The first-order valence-corrected chi connectivity index (χ1v) is 5.73. The van der Waals surface area contributed by atoms with E-state index in [4.69, 9.17) is 9.47 Å². The van der Waals surface area contributed by atoms with Crippen molar-refractivity contribution in [1.29, 1.82) is 0 Å². The van der Waals surface area contributed by atoms with Crippen molar-refractivity contribution in [3.05, 3.63) is 29.8 Å². The summed E-state index contributed by atoms with van der Waals surface area (Å²) in [5.41, 5.74) is 0.428. The van der Waals surface area contributed by atoms with Crippen LogP contribution in [0.25, 0.3) is 0 Å². The molecule has 0 aliphatic rings. The van der Waals surface area contributed by atoms with Crippen LogP contribution in [-0.4, -0.2) is 24.0 Å². The number of benzene rings is 1. The zero-order chi connectivity index (χ0) is 13.8. The van der Waals surface area contributed by atoms with Crippen molar-refractivity contribution < 1.29 is 19.1 Å². The largest absolute Gasteiger partial charge is 0.485 e. The molecular formula is C14H18O4. The quantitative estimate of drug-likeness (QED) is 0.607. The minimum atomic E-state index is -0.866. The van der Waals surface area contributed by atoms with E-state index in [2.05, 4.69) is 0 Å². The van der Waals surface area contributed by atoms with E-state index in [1.807, 2.05) is 19.1 Å². The fourth-order valence-electron chi connectivity index (χ4n) is 1.18. The molecule has 0 unspecified atom stereocenters. The third-order valence-electron chi connectivity index (χ3n) is 2.02. The summed E-state index contributed by atoms with van der Waals surface area (Å²) < 4.78 is 10.1. The van der Waals surface area contributed by atoms with Gasteiger partial charge in [-0.15, -0.1) is 0 Å². The molecule has 0 N–H and O–H groups in total. The van der Waals surface area contributed by atoms with Crippen LogP contribution in [-0.2, 0) is 14.3 Å². The highest BCUT2D eigenvalue weighted by Crippen LogP contribution is 2.12. The van der Waals surface area contributed by atoms with Crippen LogP contribution in [0.15, 0.2) is 24.3 Å². The Morgan fingerprint density at radius 3 is 2.17 bits per heavy atom. The number of rotatable bonds is 4. The second-order valence-corrected chi connectivity index (χ2v) is 5.03. The SMILES string of the molecule is Cc1ccc(OCC(=O)C(=O)OC(C)(C)C)cc1. The fraction of sp³-hybridized carbons (Fsp3) is 0.429. The molecule has 0 saturated heterocycles. The predicted molar refractivity (Wildman–Crippen MR) is 67.5 cm³/mol. The molecule has 18 heavy (non-hydrogen) atoms. The van der Waals surface area contributed by atoms with Gasteiger partial charge in [-0.05, 0) is 39.8 Å². The van der Waals surface area contributed by atoms with E-state index in [-0.39, 0.29) is 6.61 Å². The lowest BCUT2D eigenvalue weighted by Crippen LogP contribution is -2.31. The molecule has 1 aromatic carbocycles. The first-order valence-electron chi connectivity index (χ1n) is 5.73. The van der Waals surface area contributed by atoms with Crippen LogP contribution in [0.4, 0.5) is 0 Å². The van der Waals surface area contributed by atoms with Gasteiger partial charge in [-0.2, -0.15) is 0 Å². The molecule has 0 fully saturated rings. The summed E-state index contributed by atoms with van der Waals surface area (Å²) in [6.07, 6.45) is 0. The average molecular weight is 250 g/mol. The van der Waals surface area contributed by atoms with E-state index >= 15 is 0 Å². The van der Waals surface area contributed by atoms with Gasteiger partial charge in [0.05, 0.1) is 0 Å². The lowest BCUT2D eigenvalue weighted by atomic mass is 10.2. The number of ketones is 1. The van der Waals surface area contributed by atoms with Crippen molar-refractivity contribution in [3.63, 3.8) is 0 Å². The Morgan fingerprint density at radius 2 is 1.67 bits per heavy atom. The number of hydrogen-bond acceptors (Lipinski definition) is 4. The zero-order valence-electron chi connectivity index (χ0n) is 11.1. The van der Waals surface area contributed by atoms with Crippen LogP contribution in [0.2, 0.25) is 0 Å². The van der Waals surface area contributed by atoms with E-state index in [9.17, 15) is 9.59 Å². The summed E-state index contributed by atoms with van der Waals surface area (Å²) in [7, 11) is 0. The lowest BCUT2D eigenvalue weighted by molar-refractivity contribution is -0.163. The highest BCUT2D eigenvalue weighted by molar-refractivity contribution is 6.34. The monoisotopic (exact) mass is 250 g/mol. The molecular weight excluding hydrogens is 232 g/mol. The Hall–Kier alpha value is -1.84. The zero-order valence-corrected chi connectivity index (χ0v) is 11.1. The van der Waals surface area contributed by atoms with Crippen LogP contribution in [0.1, 0.15) is 26.3 Å². The number of carbonyl (C=O) groups is 2. The molecule has 0 radical (unpaired) electrons. The third kappa shape index (κ3) is 4.99. The number of carbonyl (C=O) groups excluding carboxylic acids is 2. The normalized spacial score (nSPS) is 10.9. The van der Waals surface area contributed by atoms with E-state index in [0.29, 0.717) is 5.75 Å². The van der Waals surface area contributed by atoms with Gasteiger partial charge in [-0.1, -0.05) is 17.7 Å². The van der Waals surface area contributed by atoms with Gasteiger partial charge in [0.25, 0.3) is 5.78 Å². The van der Waals surface area contributed by atoms with Gasteiger partial charge in [-0.3, -0.25) is 4.79 Å². The molecule has 0 amide bonds. The Bertz CT molecular complexity index is 426. The molecule has 0 heterocycles. The highest BCUT2D eigenvalue weighted by atomic mass is 16.6. The molecule has 0 aliphatic carbocycles. The Kier molecular flexibility index (Phi) is 4.48. The van der Waals surface area contributed by atoms with Crippen molar-refractivity contribution in [2.45, 2.75) is 33.3 Å². The topological polar surface area (TPSA) is 52.6 Å². The summed E-state index contributed by atoms with van der Waals surface area (Å²) in [6, 6.07) is 7.23. The van der Waals surface area contributed by atoms with Gasteiger partial charge in [0.1, 0.15) is 11.4 Å². The molecule has 0 aliphatic heterocycles. The summed E-state index contributed by atoms with van der Waals surface area (Å²) in [4.78, 5) is 22.8. The van der Waals surface area contributed by atoms with Crippen LogP contribution in [0.3, 0.4) is 0 Å². The molecule has 4 nitrogen and oxygen atoms in total. The van der Waals surface area contributed by atoms with Crippen LogP contribution >= 0.6 is 0 Å². The molecule has 98 valence electrons. The minimum Gasteiger partial charge on any atom is -0.485 e. The fourth-order valence-corrected chi connectivity index (χ4v) is 1.18. The summed E-state index contributed by atoms with van der Waals surface area (Å²) in [6.45, 7) is 6.77. The molecule has 0 atom stereocenters. The minimum absolute atomic E-state index is 0.308. The van der Waals surface area contributed by atoms with E-state index in [0.717, 1.165) is 5.56 Å². The van der Waals surface area contributed by atoms with Crippen LogP contribution in [0, 0.1) is 6.92 Å². The van der Waals surface area contributed by atoms with Crippen LogP contribution < -0.4 is 4.74 Å². The van der Waals surface area contributed by atoms with Gasteiger partial charge < -0.3 is 9.47 Å². The maximum absolute atomic E-state index is 11.5. The summed E-state index contributed by atoms with van der Waals surface area (Å²) in [5, 5.41) is 0. The van der Waals surface area contributed by atoms with Gasteiger partial charge in [0, 0.05) is 0 Å². The van der Waals surface area contributed by atoms with Gasteiger partial charge in [0.15, 0.2) is 6.61 Å². The maximum atomic E-state index is 11.5. The number of esters is 1. The molecule has 0 spiro atoms. The summed E-state index contributed by atoms with van der Waals surface area (Å²) in [5.74, 6) is -1.00. The average Bonchev–Trinajstić information content (AvgIpc) is 2.25. The molecule has 0 aromatic heterocycles. The predicted octanol–water partition coefficient (Wildman–Crippen LogP) is 2.28. The Balaban J connectivity index is 2.46. The number of aryl methyl sites for hydroxylation is 1. The molecule has 4 heteroatoms. The number of Topliss-reactive ketones (excluding diaryl/α,β-unsaturated/α-hetero) is 1. The van der Waals surface area contributed by atoms with Crippen molar-refractivity contribution >= 4 is 11.8 Å². The number of ether oxygens (including phenoxy) is 2. The van der Waals surface area contributed by atoms with E-state index in [1.165, 1.54) is 0 Å². The van der Waals surface area contributed by atoms with Crippen molar-refractivity contribution in [2.24, 2.45) is 0 Å². The van der Waals surface area contributed by atoms with E-state index in [1.54, 1.807) is 32.9 Å². The first-order chi connectivity index (χ1) is 8.28. The summed E-state index contributed by atoms with van der Waals surface area (Å²) >= 11 is 0. The first kappa shape index (κ1) is 14.2.